The van der Waals surface area contributed by atoms with Crippen molar-refractivity contribution in [1.82, 2.24) is 0 Å². The largest absolute Gasteiger partial charge is 0.469 e. The maximum absolute atomic E-state index is 12.0. The molecule has 0 aromatic rings. The summed E-state index contributed by atoms with van der Waals surface area (Å²) in [5.41, 5.74) is -2.18. The first-order valence-corrected chi connectivity index (χ1v) is 5.83. The Balaban J connectivity index is 5.64. The second kappa shape index (κ2) is 8.03. The third kappa shape index (κ3) is 5.25. The van der Waals surface area contributed by atoms with Crippen LogP contribution >= 0.6 is 0 Å². The molecule has 0 aromatic carbocycles. The minimum atomic E-state index is -2.16. The summed E-state index contributed by atoms with van der Waals surface area (Å²) in [5.74, 6) is -3.75. The van der Waals surface area contributed by atoms with E-state index in [-0.39, 0.29) is 5.57 Å². The van der Waals surface area contributed by atoms with Gasteiger partial charge in [-0.3, -0.25) is 9.59 Å². The van der Waals surface area contributed by atoms with Crippen LogP contribution in [0.25, 0.3) is 0 Å². The highest BCUT2D eigenvalue weighted by molar-refractivity contribution is 5.95. The van der Waals surface area contributed by atoms with Crippen LogP contribution in [0.4, 0.5) is 0 Å². The molecule has 21 heavy (non-hydrogen) atoms. The average Bonchev–Trinajstić information content (AvgIpc) is 2.45. The van der Waals surface area contributed by atoms with Crippen LogP contribution in [0, 0.1) is 0 Å². The molecular formula is C13H18O8. The van der Waals surface area contributed by atoms with Crippen molar-refractivity contribution in [3.63, 3.8) is 0 Å². The topological polar surface area (TPSA) is 105 Å². The molecule has 0 rings (SSSR count). The summed E-state index contributed by atoms with van der Waals surface area (Å²) >= 11 is 0. The normalized spacial score (nSPS) is 10.3. The molecule has 0 aliphatic rings. The maximum Gasteiger partial charge on any atom is 0.351 e. The fourth-order valence-corrected chi connectivity index (χ4v) is 1.38. The van der Waals surface area contributed by atoms with Gasteiger partial charge in [0.1, 0.15) is 0 Å². The minimum absolute atomic E-state index is 0.0157. The van der Waals surface area contributed by atoms with Gasteiger partial charge in [-0.25, -0.2) is 9.59 Å². The first kappa shape index (κ1) is 18.6. The van der Waals surface area contributed by atoms with Gasteiger partial charge in [-0.05, 0) is 6.92 Å². The predicted octanol–water partition coefficient (Wildman–Crippen LogP) is 0.144. The molecule has 0 aromatic heterocycles. The lowest BCUT2D eigenvalue weighted by Crippen LogP contribution is -2.48. The van der Waals surface area contributed by atoms with Crippen molar-refractivity contribution < 1.29 is 38.1 Å². The zero-order valence-corrected chi connectivity index (χ0v) is 12.4. The van der Waals surface area contributed by atoms with Crippen LogP contribution in [0.1, 0.15) is 19.8 Å². The number of hydrogen-bond acceptors (Lipinski definition) is 8. The van der Waals surface area contributed by atoms with Gasteiger partial charge in [-0.2, -0.15) is 0 Å². The monoisotopic (exact) mass is 302 g/mol. The zero-order chi connectivity index (χ0) is 16.6. The van der Waals surface area contributed by atoms with E-state index in [0.717, 1.165) is 21.3 Å². The molecule has 0 bridgehead atoms. The Kier molecular flexibility index (Phi) is 7.12. The molecular weight excluding hydrogens is 284 g/mol. The van der Waals surface area contributed by atoms with Crippen LogP contribution < -0.4 is 0 Å². The summed E-state index contributed by atoms with van der Waals surface area (Å²) in [6.07, 6.45) is -1.38. The Bertz CT molecular complexity index is 433. The van der Waals surface area contributed by atoms with Crippen molar-refractivity contribution in [1.29, 1.82) is 0 Å². The third-order valence-corrected chi connectivity index (χ3v) is 2.51. The van der Waals surface area contributed by atoms with Crippen molar-refractivity contribution in [3.8, 4) is 0 Å². The summed E-state index contributed by atoms with van der Waals surface area (Å²) < 4.78 is 18.4. The molecule has 8 nitrogen and oxygen atoms in total. The quantitative estimate of drug-likeness (QED) is 0.371. The van der Waals surface area contributed by atoms with Crippen LogP contribution in [0.3, 0.4) is 0 Å². The van der Waals surface area contributed by atoms with Gasteiger partial charge in [-0.15, -0.1) is 0 Å². The van der Waals surface area contributed by atoms with Gasteiger partial charge in [-0.1, -0.05) is 6.58 Å². The number of rotatable bonds is 7. The standard InChI is InChI=1S/C13H18O8/c1-8(2)11(16)21-13(12(17)20-5,6-9(14)18-3)7-10(15)19-4/h1,6-7H2,2-5H3. The molecule has 0 spiro atoms. The van der Waals surface area contributed by atoms with Crippen LogP contribution in [0.15, 0.2) is 12.2 Å². The number of methoxy groups -OCH3 is 3. The second-order valence-electron chi connectivity index (χ2n) is 4.16. The number of esters is 4. The molecule has 0 fully saturated rings. The molecule has 8 heteroatoms. The molecule has 0 unspecified atom stereocenters. The molecule has 0 radical (unpaired) electrons. The molecule has 0 N–H and O–H groups in total. The summed E-state index contributed by atoms with van der Waals surface area (Å²) in [6.45, 7) is 4.71. The van der Waals surface area contributed by atoms with Crippen LogP contribution in [0.2, 0.25) is 0 Å². The molecule has 0 amide bonds. The lowest BCUT2D eigenvalue weighted by molar-refractivity contribution is -0.186. The Labute approximate surface area is 122 Å². The molecule has 0 heterocycles. The highest BCUT2D eigenvalue weighted by atomic mass is 16.6. The molecule has 0 saturated heterocycles. The SMILES string of the molecule is C=C(C)C(=O)OC(CC(=O)OC)(CC(=O)OC)C(=O)OC. The fraction of sp³-hybridized carbons (Fsp3) is 0.538. The van der Waals surface area contributed by atoms with E-state index in [1.54, 1.807) is 0 Å². The molecule has 0 saturated carbocycles. The van der Waals surface area contributed by atoms with Gasteiger partial charge in [0, 0.05) is 5.57 Å². The van der Waals surface area contributed by atoms with E-state index in [2.05, 4.69) is 20.8 Å². The van der Waals surface area contributed by atoms with Crippen molar-refractivity contribution in [3.05, 3.63) is 12.2 Å². The summed E-state index contributed by atoms with van der Waals surface area (Å²) in [7, 11) is 3.20. The van der Waals surface area contributed by atoms with Crippen molar-refractivity contribution in [2.24, 2.45) is 0 Å². The van der Waals surface area contributed by atoms with E-state index in [1.165, 1.54) is 6.92 Å². The van der Waals surface area contributed by atoms with E-state index in [9.17, 15) is 19.2 Å². The van der Waals surface area contributed by atoms with Crippen molar-refractivity contribution in [2.45, 2.75) is 25.4 Å². The predicted molar refractivity (Wildman–Crippen MR) is 68.9 cm³/mol. The first-order valence-electron chi connectivity index (χ1n) is 5.83. The average molecular weight is 302 g/mol. The minimum Gasteiger partial charge on any atom is -0.469 e. The van der Waals surface area contributed by atoms with Gasteiger partial charge in [0.25, 0.3) is 0 Å². The Morgan fingerprint density at radius 2 is 1.33 bits per heavy atom. The fourth-order valence-electron chi connectivity index (χ4n) is 1.38. The van der Waals surface area contributed by atoms with Crippen LogP contribution in [0.5, 0.6) is 0 Å². The number of carbonyl (C=O) groups excluding carboxylic acids is 4. The summed E-state index contributed by atoms with van der Waals surface area (Å²) in [6, 6.07) is 0. The van der Waals surface area contributed by atoms with Crippen molar-refractivity contribution in [2.75, 3.05) is 21.3 Å². The highest BCUT2D eigenvalue weighted by Gasteiger charge is 2.48. The van der Waals surface area contributed by atoms with E-state index in [4.69, 9.17) is 4.74 Å². The van der Waals surface area contributed by atoms with E-state index >= 15 is 0 Å². The Hall–Kier alpha value is -2.38. The highest BCUT2D eigenvalue weighted by Crippen LogP contribution is 2.25. The smallest absolute Gasteiger partial charge is 0.351 e. The zero-order valence-electron chi connectivity index (χ0n) is 12.4. The molecule has 0 atom stereocenters. The molecule has 0 aliphatic heterocycles. The third-order valence-electron chi connectivity index (χ3n) is 2.51. The number of hydrogen-bond donors (Lipinski definition) is 0. The Morgan fingerprint density at radius 1 is 0.905 bits per heavy atom. The van der Waals surface area contributed by atoms with Crippen LogP contribution in [-0.4, -0.2) is 50.8 Å². The first-order chi connectivity index (χ1) is 9.72. The van der Waals surface area contributed by atoms with Gasteiger partial charge in [0.2, 0.25) is 5.60 Å². The van der Waals surface area contributed by atoms with Gasteiger partial charge in [0.15, 0.2) is 0 Å². The van der Waals surface area contributed by atoms with E-state index in [1.807, 2.05) is 0 Å². The van der Waals surface area contributed by atoms with Gasteiger partial charge < -0.3 is 18.9 Å². The van der Waals surface area contributed by atoms with Crippen LogP contribution in [-0.2, 0) is 38.1 Å². The second-order valence-corrected chi connectivity index (χ2v) is 4.16. The lowest BCUT2D eigenvalue weighted by atomic mass is 9.95. The van der Waals surface area contributed by atoms with Gasteiger partial charge >= 0.3 is 23.9 Å². The number of carbonyl (C=O) groups is 4. The van der Waals surface area contributed by atoms with Crippen molar-refractivity contribution >= 4 is 23.9 Å². The van der Waals surface area contributed by atoms with E-state index in [0.29, 0.717) is 0 Å². The summed E-state index contributed by atoms with van der Waals surface area (Å²) in [5, 5.41) is 0. The lowest BCUT2D eigenvalue weighted by Gasteiger charge is -2.28. The Morgan fingerprint density at radius 3 is 1.62 bits per heavy atom. The maximum atomic E-state index is 12.0. The molecule has 118 valence electrons. The van der Waals surface area contributed by atoms with Gasteiger partial charge in [0.05, 0.1) is 34.2 Å². The summed E-state index contributed by atoms with van der Waals surface area (Å²) in [4.78, 5) is 46.6. The van der Waals surface area contributed by atoms with E-state index < -0.39 is 42.3 Å². The number of ether oxygens (including phenoxy) is 4. The molecule has 0 aliphatic carbocycles.